The van der Waals surface area contributed by atoms with E-state index in [1.807, 2.05) is 60.7 Å². The van der Waals surface area contributed by atoms with Crippen LogP contribution in [-0.4, -0.2) is 22.6 Å². The van der Waals surface area contributed by atoms with Crippen LogP contribution in [0, 0.1) is 0 Å². The number of anilines is 1. The predicted molar refractivity (Wildman–Crippen MR) is 128 cm³/mol. The third-order valence-corrected chi connectivity index (χ3v) is 5.30. The van der Waals surface area contributed by atoms with Crippen molar-refractivity contribution in [1.82, 2.24) is 15.5 Å². The molecule has 4 rings (SSSR count). The fourth-order valence-corrected chi connectivity index (χ4v) is 3.67. The Balaban J connectivity index is 1.30. The van der Waals surface area contributed by atoms with Gasteiger partial charge in [0.25, 0.3) is 5.56 Å². The molecule has 1 heterocycles. The van der Waals surface area contributed by atoms with E-state index in [9.17, 15) is 9.59 Å². The molecule has 6 heteroatoms. The van der Waals surface area contributed by atoms with Gasteiger partial charge in [-0.2, -0.15) is 5.10 Å². The molecule has 0 unspecified atom stereocenters. The van der Waals surface area contributed by atoms with Crippen LogP contribution < -0.4 is 16.2 Å². The van der Waals surface area contributed by atoms with Crippen LogP contribution in [0.3, 0.4) is 0 Å². The van der Waals surface area contributed by atoms with Crippen molar-refractivity contribution < 1.29 is 4.79 Å². The molecule has 3 N–H and O–H groups in total. The summed E-state index contributed by atoms with van der Waals surface area (Å²) in [6.45, 7) is 1.72. The molecule has 0 aliphatic rings. The maximum absolute atomic E-state index is 12.4. The number of fused-ring (bicyclic) bond motifs is 1. The molecule has 6 nitrogen and oxygen atoms in total. The fourth-order valence-electron chi connectivity index (χ4n) is 3.67. The van der Waals surface area contributed by atoms with Crippen molar-refractivity contribution in [2.24, 2.45) is 0 Å². The number of unbranched alkanes of at least 4 members (excludes halogenated alkanes) is 1. The smallest absolute Gasteiger partial charge is 0.272 e. The van der Waals surface area contributed by atoms with Crippen LogP contribution in [0.1, 0.15) is 24.8 Å². The van der Waals surface area contributed by atoms with Gasteiger partial charge in [-0.1, -0.05) is 60.7 Å². The first-order valence-electron chi connectivity index (χ1n) is 10.8. The Morgan fingerprint density at radius 2 is 1.66 bits per heavy atom. The number of carbonyl (C=O) groups excluding carboxylic acids is 1. The Morgan fingerprint density at radius 1 is 0.875 bits per heavy atom. The second-order valence-corrected chi connectivity index (χ2v) is 7.70. The fraction of sp³-hybridized carbons (Fsp3) is 0.192. The van der Waals surface area contributed by atoms with E-state index in [0.29, 0.717) is 23.2 Å². The first kappa shape index (κ1) is 21.5. The van der Waals surface area contributed by atoms with Gasteiger partial charge in [-0.05, 0) is 43.1 Å². The number of H-pyrrole nitrogens is 1. The van der Waals surface area contributed by atoms with Gasteiger partial charge in [0.2, 0.25) is 5.91 Å². The molecule has 0 saturated carbocycles. The zero-order valence-electron chi connectivity index (χ0n) is 17.8. The van der Waals surface area contributed by atoms with Gasteiger partial charge in [0.1, 0.15) is 0 Å². The predicted octanol–water partition coefficient (Wildman–Crippen LogP) is 4.49. The highest BCUT2D eigenvalue weighted by molar-refractivity contribution is 5.95. The molecule has 0 saturated heterocycles. The zero-order valence-corrected chi connectivity index (χ0v) is 17.8. The Labute approximate surface area is 186 Å². The first-order chi connectivity index (χ1) is 15.7. The average molecular weight is 427 g/mol. The lowest BCUT2D eigenvalue weighted by molar-refractivity contribution is -0.116. The van der Waals surface area contributed by atoms with Gasteiger partial charge in [-0.15, -0.1) is 0 Å². The molecule has 162 valence electrons. The van der Waals surface area contributed by atoms with E-state index in [0.717, 1.165) is 36.9 Å². The number of carbonyl (C=O) groups is 1. The number of benzene rings is 3. The van der Waals surface area contributed by atoms with E-state index in [1.165, 1.54) is 5.56 Å². The minimum Gasteiger partial charge on any atom is -0.326 e. The quantitative estimate of drug-likeness (QED) is 0.344. The number of amides is 1. The van der Waals surface area contributed by atoms with Gasteiger partial charge in [0, 0.05) is 29.6 Å². The van der Waals surface area contributed by atoms with E-state index in [-0.39, 0.29) is 11.5 Å². The maximum Gasteiger partial charge on any atom is 0.272 e. The number of nitrogens with one attached hydrogen (secondary N) is 3. The Bertz CT molecular complexity index is 1250. The Kier molecular flexibility index (Phi) is 7.05. The molecule has 0 fully saturated rings. The summed E-state index contributed by atoms with van der Waals surface area (Å²) < 4.78 is 0. The average Bonchev–Trinajstić information content (AvgIpc) is 2.82. The van der Waals surface area contributed by atoms with E-state index >= 15 is 0 Å². The van der Waals surface area contributed by atoms with Crippen LogP contribution in [0.5, 0.6) is 0 Å². The SMILES string of the molecule is O=C(CCCCNCc1ccccc1)Nc1cccc(-c2n[nH]c(=O)c3ccccc23)c1. The summed E-state index contributed by atoms with van der Waals surface area (Å²) in [5.41, 5.74) is 3.27. The molecule has 0 spiro atoms. The lowest BCUT2D eigenvalue weighted by Crippen LogP contribution is -2.16. The minimum atomic E-state index is -0.216. The summed E-state index contributed by atoms with van der Waals surface area (Å²) in [5, 5.41) is 14.5. The normalized spacial score (nSPS) is 10.9. The zero-order chi connectivity index (χ0) is 22.2. The second kappa shape index (κ2) is 10.5. The van der Waals surface area contributed by atoms with E-state index in [4.69, 9.17) is 0 Å². The molecule has 0 aliphatic carbocycles. The highest BCUT2D eigenvalue weighted by Gasteiger charge is 2.10. The van der Waals surface area contributed by atoms with Crippen LogP contribution in [0.2, 0.25) is 0 Å². The van der Waals surface area contributed by atoms with E-state index in [1.54, 1.807) is 6.07 Å². The van der Waals surface area contributed by atoms with Gasteiger partial charge in [0.05, 0.1) is 11.1 Å². The lowest BCUT2D eigenvalue weighted by atomic mass is 10.0. The topological polar surface area (TPSA) is 86.9 Å². The highest BCUT2D eigenvalue weighted by atomic mass is 16.1. The number of aromatic nitrogens is 2. The standard InChI is InChI=1S/C26H26N4O2/c31-24(15-6-7-16-27-18-19-9-2-1-3-10-19)28-21-12-8-11-20(17-21)25-22-13-4-5-14-23(22)26(32)30-29-25/h1-5,8-14,17,27H,6-7,15-16,18H2,(H,28,31)(H,30,32). The molecule has 3 aromatic carbocycles. The molecule has 1 amide bonds. The van der Waals surface area contributed by atoms with Gasteiger partial charge >= 0.3 is 0 Å². The summed E-state index contributed by atoms with van der Waals surface area (Å²) in [4.78, 5) is 24.4. The molecule has 1 aromatic heterocycles. The number of rotatable bonds is 9. The van der Waals surface area contributed by atoms with Gasteiger partial charge < -0.3 is 10.6 Å². The summed E-state index contributed by atoms with van der Waals surface area (Å²) in [7, 11) is 0. The van der Waals surface area contributed by atoms with Gasteiger partial charge in [0.15, 0.2) is 0 Å². The van der Waals surface area contributed by atoms with Crippen LogP contribution in [0.4, 0.5) is 5.69 Å². The lowest BCUT2D eigenvalue weighted by Gasteiger charge is -2.09. The van der Waals surface area contributed by atoms with Gasteiger partial charge in [-0.3, -0.25) is 9.59 Å². The van der Waals surface area contributed by atoms with Crippen LogP contribution in [0.25, 0.3) is 22.0 Å². The number of hydrogen-bond acceptors (Lipinski definition) is 4. The minimum absolute atomic E-state index is 0.00973. The molecular formula is C26H26N4O2. The van der Waals surface area contributed by atoms with Crippen molar-refractivity contribution in [3.63, 3.8) is 0 Å². The summed E-state index contributed by atoms with van der Waals surface area (Å²) in [5.74, 6) is -0.00973. The van der Waals surface area contributed by atoms with Crippen LogP contribution >= 0.6 is 0 Å². The van der Waals surface area contributed by atoms with Crippen molar-refractivity contribution in [1.29, 1.82) is 0 Å². The molecule has 4 aromatic rings. The third kappa shape index (κ3) is 5.47. The van der Waals surface area contributed by atoms with E-state index < -0.39 is 0 Å². The summed E-state index contributed by atoms with van der Waals surface area (Å²) >= 11 is 0. The number of nitrogens with zero attached hydrogens (tertiary/aromatic N) is 1. The van der Waals surface area contributed by atoms with Gasteiger partial charge in [-0.25, -0.2) is 5.10 Å². The van der Waals surface area contributed by atoms with Crippen molar-refractivity contribution in [3.05, 3.63) is 94.8 Å². The first-order valence-corrected chi connectivity index (χ1v) is 10.8. The molecule has 32 heavy (non-hydrogen) atoms. The van der Waals surface area contributed by atoms with Crippen molar-refractivity contribution in [3.8, 4) is 11.3 Å². The molecule has 0 bridgehead atoms. The molecule has 0 radical (unpaired) electrons. The van der Waals surface area contributed by atoms with E-state index in [2.05, 4.69) is 33.0 Å². The van der Waals surface area contributed by atoms with Crippen LogP contribution in [0.15, 0.2) is 83.7 Å². The monoisotopic (exact) mass is 426 g/mol. The van der Waals surface area contributed by atoms with Crippen molar-refractivity contribution in [2.45, 2.75) is 25.8 Å². The third-order valence-electron chi connectivity index (χ3n) is 5.30. The summed E-state index contributed by atoms with van der Waals surface area (Å²) in [6.07, 6.45) is 2.23. The Hall–Kier alpha value is -3.77. The Morgan fingerprint density at radius 3 is 2.50 bits per heavy atom. The number of hydrogen-bond donors (Lipinski definition) is 3. The highest BCUT2D eigenvalue weighted by Crippen LogP contribution is 2.26. The van der Waals surface area contributed by atoms with Crippen molar-refractivity contribution in [2.75, 3.05) is 11.9 Å². The number of aromatic amines is 1. The molecule has 0 atom stereocenters. The maximum atomic E-state index is 12.4. The molecular weight excluding hydrogens is 400 g/mol. The van der Waals surface area contributed by atoms with Crippen LogP contribution in [-0.2, 0) is 11.3 Å². The molecule has 0 aliphatic heterocycles. The second-order valence-electron chi connectivity index (χ2n) is 7.70. The summed E-state index contributed by atoms with van der Waals surface area (Å²) in [6, 6.07) is 25.2. The van der Waals surface area contributed by atoms with Crippen molar-refractivity contribution >= 4 is 22.4 Å². The largest absolute Gasteiger partial charge is 0.326 e.